The molecule has 0 spiro atoms. The lowest BCUT2D eigenvalue weighted by Gasteiger charge is -2.08. The first-order valence-electron chi connectivity index (χ1n) is 6.98. The summed E-state index contributed by atoms with van der Waals surface area (Å²) in [5, 5.41) is 13.6. The van der Waals surface area contributed by atoms with Crippen LogP contribution in [0.2, 0.25) is 0 Å². The third kappa shape index (κ3) is 3.27. The summed E-state index contributed by atoms with van der Waals surface area (Å²) in [4.78, 5) is 39.7. The van der Waals surface area contributed by atoms with E-state index in [1.807, 2.05) is 0 Å². The fourth-order valence-electron chi connectivity index (χ4n) is 2.21. The molecule has 0 radical (unpaired) electrons. The monoisotopic (exact) mass is 327 g/mol. The summed E-state index contributed by atoms with van der Waals surface area (Å²) in [6.45, 7) is 1.57. The maximum Gasteiger partial charge on any atom is 0.325 e. The normalized spacial score (nSPS) is 10.5. The zero-order valence-electron chi connectivity index (χ0n) is 12.6. The third-order valence-electron chi connectivity index (χ3n) is 3.34. The van der Waals surface area contributed by atoms with Crippen LogP contribution in [-0.4, -0.2) is 36.1 Å². The van der Waals surface area contributed by atoms with E-state index in [-0.39, 0.29) is 17.9 Å². The first-order chi connectivity index (χ1) is 11.5. The van der Waals surface area contributed by atoms with Crippen molar-refractivity contribution in [1.29, 1.82) is 0 Å². The molecule has 2 aromatic heterocycles. The van der Waals surface area contributed by atoms with Gasteiger partial charge in [0.2, 0.25) is 5.91 Å². The summed E-state index contributed by atoms with van der Waals surface area (Å²) >= 11 is 0. The summed E-state index contributed by atoms with van der Waals surface area (Å²) in [5.41, 5.74) is 0.608. The smallest absolute Gasteiger partial charge is 0.325 e. The summed E-state index contributed by atoms with van der Waals surface area (Å²) in [7, 11) is 0. The van der Waals surface area contributed by atoms with Crippen LogP contribution in [0.25, 0.3) is 5.69 Å². The molecule has 0 aliphatic heterocycles. The van der Waals surface area contributed by atoms with E-state index in [1.54, 1.807) is 31.2 Å². The lowest BCUT2D eigenvalue weighted by Crippen LogP contribution is -2.29. The predicted molar refractivity (Wildman–Crippen MR) is 83.9 cm³/mol. The fraction of sp³-hybridized carbons (Fsp3) is 0.143. The van der Waals surface area contributed by atoms with Gasteiger partial charge in [0.1, 0.15) is 6.33 Å². The van der Waals surface area contributed by atoms with E-state index in [9.17, 15) is 14.4 Å². The maximum absolute atomic E-state index is 12.2. The molecular weight excluding hydrogens is 314 g/mol. The predicted octanol–water partition coefficient (Wildman–Crippen LogP) is -0.471. The number of carbonyl (C=O) groups excluding carboxylic acids is 1. The van der Waals surface area contributed by atoms with Gasteiger partial charge in [-0.2, -0.15) is 0 Å². The number of amides is 1. The van der Waals surface area contributed by atoms with Crippen molar-refractivity contribution in [1.82, 2.24) is 30.2 Å². The van der Waals surface area contributed by atoms with E-state index in [0.717, 1.165) is 0 Å². The molecule has 0 aliphatic rings. The van der Waals surface area contributed by atoms with Gasteiger partial charge in [-0.3, -0.25) is 14.6 Å². The first kappa shape index (κ1) is 15.3. The number of aromatic amines is 2. The molecule has 10 nitrogen and oxygen atoms in total. The van der Waals surface area contributed by atoms with Crippen LogP contribution in [0.15, 0.2) is 40.2 Å². The molecule has 0 bridgehead atoms. The number of hydrogen-bond acceptors (Lipinski definition) is 6. The molecule has 1 amide bonds. The summed E-state index contributed by atoms with van der Waals surface area (Å²) < 4.78 is 1.45. The van der Waals surface area contributed by atoms with Gasteiger partial charge in [0.05, 0.1) is 12.1 Å². The van der Waals surface area contributed by atoms with Crippen LogP contribution in [0.4, 0.5) is 5.69 Å². The van der Waals surface area contributed by atoms with Crippen molar-refractivity contribution >= 4 is 11.6 Å². The number of anilines is 1. The number of nitrogens with one attached hydrogen (secondary N) is 3. The van der Waals surface area contributed by atoms with Crippen molar-refractivity contribution in [3.8, 4) is 5.69 Å². The van der Waals surface area contributed by atoms with E-state index >= 15 is 0 Å². The van der Waals surface area contributed by atoms with Gasteiger partial charge in [-0.1, -0.05) is 6.07 Å². The van der Waals surface area contributed by atoms with Crippen LogP contribution in [-0.2, 0) is 11.2 Å². The molecule has 0 fully saturated rings. The molecule has 0 saturated carbocycles. The second kappa shape index (κ2) is 6.28. The molecular formula is C14H13N7O3. The summed E-state index contributed by atoms with van der Waals surface area (Å²) in [5.74, 6) is -0.385. The number of hydrogen-bond donors (Lipinski definition) is 3. The Morgan fingerprint density at radius 1 is 1.29 bits per heavy atom. The molecule has 10 heteroatoms. The Balaban J connectivity index is 1.78. The Morgan fingerprint density at radius 2 is 2.12 bits per heavy atom. The molecule has 0 aliphatic carbocycles. The molecule has 3 aromatic rings. The molecule has 0 saturated heterocycles. The quantitative estimate of drug-likeness (QED) is 0.592. The zero-order chi connectivity index (χ0) is 17.1. The SMILES string of the molecule is Cc1[nH]c(=O)[nH]c(=O)c1CC(=O)Nc1cccc(-n2cnnn2)c1. The lowest BCUT2D eigenvalue weighted by atomic mass is 10.1. The van der Waals surface area contributed by atoms with Gasteiger partial charge in [0.15, 0.2) is 0 Å². The minimum absolute atomic E-state index is 0.160. The lowest BCUT2D eigenvalue weighted by molar-refractivity contribution is -0.115. The van der Waals surface area contributed by atoms with E-state index in [4.69, 9.17) is 0 Å². The molecule has 24 heavy (non-hydrogen) atoms. The Morgan fingerprint density at radius 3 is 2.83 bits per heavy atom. The Kier molecular flexibility index (Phi) is 4.01. The molecule has 3 N–H and O–H groups in total. The van der Waals surface area contributed by atoms with E-state index in [0.29, 0.717) is 17.1 Å². The highest BCUT2D eigenvalue weighted by atomic mass is 16.2. The number of carbonyl (C=O) groups is 1. The van der Waals surface area contributed by atoms with Crippen LogP contribution in [0.5, 0.6) is 0 Å². The van der Waals surface area contributed by atoms with Crippen molar-refractivity contribution in [2.45, 2.75) is 13.3 Å². The van der Waals surface area contributed by atoms with E-state index < -0.39 is 11.2 Å². The Bertz CT molecular complexity index is 988. The van der Waals surface area contributed by atoms with Gasteiger partial charge < -0.3 is 10.3 Å². The fourth-order valence-corrected chi connectivity index (χ4v) is 2.21. The number of benzene rings is 1. The highest BCUT2D eigenvalue weighted by Crippen LogP contribution is 2.13. The van der Waals surface area contributed by atoms with Gasteiger partial charge in [-0.15, -0.1) is 5.10 Å². The average Bonchev–Trinajstić information content (AvgIpc) is 3.05. The van der Waals surface area contributed by atoms with Crippen LogP contribution >= 0.6 is 0 Å². The average molecular weight is 327 g/mol. The highest BCUT2D eigenvalue weighted by Gasteiger charge is 2.12. The summed E-state index contributed by atoms with van der Waals surface area (Å²) in [6, 6.07) is 6.92. The molecule has 0 atom stereocenters. The molecule has 122 valence electrons. The number of H-pyrrole nitrogens is 2. The molecule has 3 rings (SSSR count). The van der Waals surface area contributed by atoms with Gasteiger partial charge >= 0.3 is 5.69 Å². The number of rotatable bonds is 4. The second-order valence-corrected chi connectivity index (χ2v) is 5.04. The third-order valence-corrected chi connectivity index (χ3v) is 3.34. The topological polar surface area (TPSA) is 138 Å². The van der Waals surface area contributed by atoms with Crippen molar-refractivity contribution in [2.24, 2.45) is 0 Å². The minimum atomic E-state index is -0.601. The van der Waals surface area contributed by atoms with Crippen molar-refractivity contribution < 1.29 is 4.79 Å². The van der Waals surface area contributed by atoms with Crippen molar-refractivity contribution in [3.63, 3.8) is 0 Å². The van der Waals surface area contributed by atoms with Crippen LogP contribution in [0, 0.1) is 6.92 Å². The molecule has 0 unspecified atom stereocenters. The Hall–Kier alpha value is -3.56. The largest absolute Gasteiger partial charge is 0.326 e. The first-order valence-corrected chi connectivity index (χ1v) is 6.98. The van der Waals surface area contributed by atoms with Gasteiger partial charge in [-0.25, -0.2) is 9.48 Å². The molecule has 2 heterocycles. The van der Waals surface area contributed by atoms with Crippen LogP contribution < -0.4 is 16.6 Å². The number of nitrogens with zero attached hydrogens (tertiary/aromatic N) is 4. The van der Waals surface area contributed by atoms with Gasteiger partial charge in [-0.05, 0) is 35.5 Å². The van der Waals surface area contributed by atoms with Crippen LogP contribution in [0.3, 0.4) is 0 Å². The maximum atomic E-state index is 12.2. The van der Waals surface area contributed by atoms with Crippen molar-refractivity contribution in [2.75, 3.05) is 5.32 Å². The van der Waals surface area contributed by atoms with Gasteiger partial charge in [0, 0.05) is 16.9 Å². The van der Waals surface area contributed by atoms with Crippen molar-refractivity contribution in [3.05, 3.63) is 62.7 Å². The summed E-state index contributed by atoms with van der Waals surface area (Å²) in [6.07, 6.45) is 1.28. The minimum Gasteiger partial charge on any atom is -0.326 e. The van der Waals surface area contributed by atoms with E-state index in [1.165, 1.54) is 11.0 Å². The van der Waals surface area contributed by atoms with E-state index in [2.05, 4.69) is 30.8 Å². The van der Waals surface area contributed by atoms with Gasteiger partial charge in [0.25, 0.3) is 5.56 Å². The highest BCUT2D eigenvalue weighted by molar-refractivity contribution is 5.92. The number of aryl methyl sites for hydroxylation is 1. The zero-order valence-corrected chi connectivity index (χ0v) is 12.6. The number of aromatic nitrogens is 6. The standard InChI is InChI=1S/C14H13N7O3/c1-8-11(13(23)18-14(24)16-8)6-12(22)17-9-3-2-4-10(5-9)21-7-15-19-20-21/h2-5,7H,6H2,1H3,(H,17,22)(H2,16,18,23,24). The Labute approximate surface area is 134 Å². The molecule has 1 aromatic carbocycles. The van der Waals surface area contributed by atoms with Crippen LogP contribution in [0.1, 0.15) is 11.3 Å². The number of tetrazole rings is 1. The second-order valence-electron chi connectivity index (χ2n) is 5.04.